The summed E-state index contributed by atoms with van der Waals surface area (Å²) >= 11 is 1.70. The smallest absolute Gasteiger partial charge is 0.241 e. The molecule has 2 aliphatic heterocycles. The Morgan fingerprint density at radius 1 is 1.58 bits per heavy atom. The van der Waals surface area contributed by atoms with Crippen molar-refractivity contribution in [2.75, 3.05) is 13.2 Å². The summed E-state index contributed by atoms with van der Waals surface area (Å²) in [7, 11) is 0. The van der Waals surface area contributed by atoms with Crippen LogP contribution in [0.25, 0.3) is 0 Å². The molecule has 104 valence electrons. The van der Waals surface area contributed by atoms with Crippen LogP contribution in [-0.2, 0) is 9.53 Å². The van der Waals surface area contributed by atoms with Gasteiger partial charge in [-0.05, 0) is 30.7 Å². The number of thiophene rings is 1. The van der Waals surface area contributed by atoms with Crippen molar-refractivity contribution in [2.24, 2.45) is 0 Å². The highest BCUT2D eigenvalue weighted by Crippen LogP contribution is 2.30. The summed E-state index contributed by atoms with van der Waals surface area (Å²) in [4.78, 5) is 15.6. The minimum absolute atomic E-state index is 0.0293. The second-order valence-corrected chi connectivity index (χ2v) is 6.15. The third-order valence-corrected chi connectivity index (χ3v) is 4.82. The largest absolute Gasteiger partial charge is 0.376 e. The molecule has 3 atom stereocenters. The second kappa shape index (κ2) is 5.61. The topological polar surface area (TPSA) is 41.6 Å². The molecule has 0 aromatic carbocycles. The fourth-order valence-corrected chi connectivity index (χ4v) is 3.65. The Morgan fingerprint density at radius 3 is 3.11 bits per heavy atom. The fraction of sp³-hybridized carbons (Fsp3) is 0.643. The van der Waals surface area contributed by atoms with Gasteiger partial charge in [0.25, 0.3) is 0 Å². The van der Waals surface area contributed by atoms with Gasteiger partial charge in [-0.2, -0.15) is 0 Å². The number of carbonyl (C=O) groups excluding carboxylic acids is 1. The van der Waals surface area contributed by atoms with Crippen molar-refractivity contribution < 1.29 is 9.53 Å². The van der Waals surface area contributed by atoms with E-state index in [-0.39, 0.29) is 24.2 Å². The highest BCUT2D eigenvalue weighted by atomic mass is 32.1. The van der Waals surface area contributed by atoms with Crippen LogP contribution in [0, 0.1) is 0 Å². The molecular formula is C14H20N2O2S. The van der Waals surface area contributed by atoms with Crippen molar-refractivity contribution in [3.63, 3.8) is 0 Å². The van der Waals surface area contributed by atoms with E-state index in [1.54, 1.807) is 11.3 Å². The van der Waals surface area contributed by atoms with Gasteiger partial charge in [-0.25, -0.2) is 0 Å². The van der Waals surface area contributed by atoms with Crippen molar-refractivity contribution in [2.45, 2.75) is 44.5 Å². The molecule has 0 radical (unpaired) electrons. The number of nitrogens with zero attached hydrogens (tertiary/aromatic N) is 1. The average Bonchev–Trinajstić information content (AvgIpc) is 3.13. The molecule has 0 aliphatic carbocycles. The Morgan fingerprint density at radius 2 is 2.47 bits per heavy atom. The highest BCUT2D eigenvalue weighted by Gasteiger charge is 2.40. The van der Waals surface area contributed by atoms with E-state index in [0.29, 0.717) is 6.54 Å². The molecular weight excluding hydrogens is 260 g/mol. The maximum absolute atomic E-state index is 12.4. The van der Waals surface area contributed by atoms with Crippen LogP contribution in [0.3, 0.4) is 0 Å². The number of amides is 1. The molecule has 0 spiro atoms. The molecule has 3 heterocycles. The van der Waals surface area contributed by atoms with E-state index in [2.05, 4.69) is 23.7 Å². The molecule has 1 N–H and O–H groups in total. The standard InChI is InChI=1S/C14H20N2O2S/c1-2-11-14(17)16(9-10-5-3-7-18-10)13(15-11)12-6-4-8-19-12/h4,6,8,10-11,13,15H,2-3,5,7,9H2,1H3. The predicted octanol–water partition coefficient (Wildman–Crippen LogP) is 2.14. The number of nitrogens with one attached hydrogen (secondary N) is 1. The molecule has 3 rings (SSSR count). The summed E-state index contributed by atoms with van der Waals surface area (Å²) < 4.78 is 5.68. The van der Waals surface area contributed by atoms with E-state index in [1.165, 1.54) is 4.88 Å². The molecule has 0 saturated carbocycles. The normalized spacial score (nSPS) is 31.3. The molecule has 2 saturated heterocycles. The maximum Gasteiger partial charge on any atom is 0.241 e. The second-order valence-electron chi connectivity index (χ2n) is 5.17. The van der Waals surface area contributed by atoms with Crippen molar-refractivity contribution >= 4 is 17.2 Å². The average molecular weight is 280 g/mol. The van der Waals surface area contributed by atoms with Crippen LogP contribution < -0.4 is 5.32 Å². The third-order valence-electron chi connectivity index (χ3n) is 3.90. The molecule has 4 nitrogen and oxygen atoms in total. The van der Waals surface area contributed by atoms with Gasteiger partial charge < -0.3 is 9.64 Å². The van der Waals surface area contributed by atoms with Gasteiger partial charge in [-0.3, -0.25) is 10.1 Å². The Balaban J connectivity index is 1.77. The molecule has 5 heteroatoms. The van der Waals surface area contributed by atoms with Gasteiger partial charge >= 0.3 is 0 Å². The number of hydrogen-bond acceptors (Lipinski definition) is 4. The van der Waals surface area contributed by atoms with Gasteiger partial charge in [0.05, 0.1) is 12.1 Å². The SMILES string of the molecule is CCC1NC(c2cccs2)N(CC2CCCO2)C1=O. The first-order valence-electron chi connectivity index (χ1n) is 7.01. The lowest BCUT2D eigenvalue weighted by Gasteiger charge is -2.25. The van der Waals surface area contributed by atoms with E-state index in [1.807, 2.05) is 11.0 Å². The summed E-state index contributed by atoms with van der Waals surface area (Å²) in [6.45, 7) is 3.60. The van der Waals surface area contributed by atoms with Crippen molar-refractivity contribution in [3.8, 4) is 0 Å². The summed E-state index contributed by atoms with van der Waals surface area (Å²) in [5.41, 5.74) is 0. The summed E-state index contributed by atoms with van der Waals surface area (Å²) in [5.74, 6) is 0.219. The monoisotopic (exact) mass is 280 g/mol. The molecule has 2 aliphatic rings. The highest BCUT2D eigenvalue weighted by molar-refractivity contribution is 7.10. The summed E-state index contributed by atoms with van der Waals surface area (Å²) in [6.07, 6.45) is 3.26. The minimum Gasteiger partial charge on any atom is -0.376 e. The first-order valence-corrected chi connectivity index (χ1v) is 7.89. The van der Waals surface area contributed by atoms with E-state index in [9.17, 15) is 4.79 Å². The maximum atomic E-state index is 12.4. The lowest BCUT2D eigenvalue weighted by atomic mass is 10.2. The van der Waals surface area contributed by atoms with Crippen LogP contribution in [-0.4, -0.2) is 36.1 Å². The van der Waals surface area contributed by atoms with Gasteiger partial charge in [0.2, 0.25) is 5.91 Å². The predicted molar refractivity (Wildman–Crippen MR) is 75.0 cm³/mol. The zero-order valence-corrected chi connectivity index (χ0v) is 12.0. The van der Waals surface area contributed by atoms with Crippen molar-refractivity contribution in [1.82, 2.24) is 10.2 Å². The number of carbonyl (C=O) groups is 1. The van der Waals surface area contributed by atoms with Crippen LogP contribution >= 0.6 is 11.3 Å². The van der Waals surface area contributed by atoms with Gasteiger partial charge in [-0.15, -0.1) is 11.3 Å². The van der Waals surface area contributed by atoms with Gasteiger partial charge in [0.1, 0.15) is 6.17 Å². The Hall–Kier alpha value is -0.910. The van der Waals surface area contributed by atoms with Crippen LogP contribution in [0.2, 0.25) is 0 Å². The third kappa shape index (κ3) is 2.55. The Labute approximate surface area is 117 Å². The van der Waals surface area contributed by atoms with Crippen LogP contribution in [0.5, 0.6) is 0 Å². The van der Waals surface area contributed by atoms with Gasteiger partial charge in [0.15, 0.2) is 0 Å². The number of rotatable bonds is 4. The number of hydrogen-bond donors (Lipinski definition) is 1. The molecule has 1 aromatic rings. The fourth-order valence-electron chi connectivity index (χ4n) is 2.86. The van der Waals surface area contributed by atoms with E-state index >= 15 is 0 Å². The number of ether oxygens (including phenoxy) is 1. The zero-order chi connectivity index (χ0) is 13.2. The van der Waals surface area contributed by atoms with Gasteiger partial charge in [-0.1, -0.05) is 13.0 Å². The minimum atomic E-state index is -0.0477. The lowest BCUT2D eigenvalue weighted by Crippen LogP contribution is -2.37. The Kier molecular flexibility index (Phi) is 3.86. The van der Waals surface area contributed by atoms with Gasteiger partial charge in [0, 0.05) is 18.0 Å². The quantitative estimate of drug-likeness (QED) is 0.918. The zero-order valence-electron chi connectivity index (χ0n) is 11.2. The molecule has 0 bridgehead atoms. The van der Waals surface area contributed by atoms with E-state index in [0.717, 1.165) is 25.9 Å². The summed E-state index contributed by atoms with van der Waals surface area (Å²) in [6, 6.07) is 4.08. The Bertz CT molecular complexity index is 429. The first-order chi connectivity index (χ1) is 9.29. The molecule has 19 heavy (non-hydrogen) atoms. The first kappa shape index (κ1) is 13.1. The van der Waals surface area contributed by atoms with Crippen molar-refractivity contribution in [3.05, 3.63) is 22.4 Å². The van der Waals surface area contributed by atoms with Crippen LogP contribution in [0.1, 0.15) is 37.2 Å². The van der Waals surface area contributed by atoms with E-state index < -0.39 is 0 Å². The molecule has 2 fully saturated rings. The summed E-state index contributed by atoms with van der Waals surface area (Å²) in [5, 5.41) is 5.51. The van der Waals surface area contributed by atoms with Crippen LogP contribution in [0.15, 0.2) is 17.5 Å². The molecule has 3 unspecified atom stereocenters. The van der Waals surface area contributed by atoms with Crippen molar-refractivity contribution in [1.29, 1.82) is 0 Å². The van der Waals surface area contributed by atoms with Crippen LogP contribution in [0.4, 0.5) is 0 Å². The molecule has 1 aromatic heterocycles. The molecule has 1 amide bonds. The lowest BCUT2D eigenvalue weighted by molar-refractivity contribution is -0.131. The van der Waals surface area contributed by atoms with E-state index in [4.69, 9.17) is 4.74 Å².